The molecule has 1 aliphatic carbocycles. The minimum Gasteiger partial charge on any atom is -0.481 e. The Morgan fingerprint density at radius 1 is 1.33 bits per heavy atom. The molecule has 0 spiro atoms. The number of nitrogens with zero attached hydrogens (tertiary/aromatic N) is 1. The van der Waals surface area contributed by atoms with Crippen LogP contribution in [0.15, 0.2) is 0 Å². The number of carbonyl (C=O) groups excluding carboxylic acids is 1. The molecule has 122 valence electrons. The highest BCUT2D eigenvalue weighted by Crippen LogP contribution is 2.43. The van der Waals surface area contributed by atoms with Gasteiger partial charge in [-0.25, -0.2) is 4.79 Å². The normalized spacial score (nSPS) is 17.2. The fraction of sp³-hybridized carbons (Fsp3) is 0.846. The molecule has 0 saturated heterocycles. The predicted octanol–water partition coefficient (Wildman–Crippen LogP) is 2.61. The lowest BCUT2D eigenvalue weighted by molar-refractivity contribution is -0.142. The second-order valence-corrected chi connectivity index (χ2v) is 5.92. The van der Waals surface area contributed by atoms with Crippen molar-refractivity contribution < 1.29 is 27.9 Å². The number of carboxylic acids is 1. The molecule has 1 rings (SSSR count). The van der Waals surface area contributed by atoms with Gasteiger partial charge in [-0.2, -0.15) is 13.2 Å². The number of alkyl halides is 3. The van der Waals surface area contributed by atoms with Gasteiger partial charge < -0.3 is 15.3 Å². The van der Waals surface area contributed by atoms with Crippen LogP contribution in [0.3, 0.4) is 0 Å². The van der Waals surface area contributed by atoms with E-state index in [0.717, 1.165) is 6.42 Å². The second kappa shape index (κ2) is 6.53. The number of urea groups is 1. The van der Waals surface area contributed by atoms with E-state index in [4.69, 9.17) is 5.11 Å². The Morgan fingerprint density at radius 2 is 1.90 bits per heavy atom. The van der Waals surface area contributed by atoms with Gasteiger partial charge in [0.1, 0.15) is 6.54 Å². The minimum atomic E-state index is -4.46. The average molecular weight is 310 g/mol. The van der Waals surface area contributed by atoms with Gasteiger partial charge in [0.05, 0.1) is 6.42 Å². The predicted molar refractivity (Wildman–Crippen MR) is 69.8 cm³/mol. The van der Waals surface area contributed by atoms with E-state index < -0.39 is 36.2 Å². The molecule has 0 atom stereocenters. The lowest BCUT2D eigenvalue weighted by Gasteiger charge is -2.41. The van der Waals surface area contributed by atoms with Crippen molar-refractivity contribution in [2.75, 3.05) is 13.1 Å². The number of hydrogen-bond donors (Lipinski definition) is 2. The van der Waals surface area contributed by atoms with Crippen molar-refractivity contribution in [2.24, 2.45) is 5.41 Å². The largest absolute Gasteiger partial charge is 0.481 e. The van der Waals surface area contributed by atoms with Crippen molar-refractivity contribution in [3.63, 3.8) is 0 Å². The number of aliphatic carboxylic acids is 1. The molecule has 0 aromatic carbocycles. The monoisotopic (exact) mass is 310 g/mol. The molecule has 0 heterocycles. The Kier molecular flexibility index (Phi) is 5.47. The Morgan fingerprint density at radius 3 is 2.24 bits per heavy atom. The second-order valence-electron chi connectivity index (χ2n) is 5.92. The number of rotatable bonds is 6. The van der Waals surface area contributed by atoms with E-state index in [1.165, 1.54) is 13.8 Å². The summed E-state index contributed by atoms with van der Waals surface area (Å²) in [6.45, 7) is 1.78. The first-order chi connectivity index (χ1) is 9.55. The highest BCUT2D eigenvalue weighted by Gasteiger charge is 2.40. The molecule has 1 aliphatic rings. The van der Waals surface area contributed by atoms with Crippen LogP contribution in [0.5, 0.6) is 0 Å². The molecule has 1 fully saturated rings. The molecule has 0 aliphatic heterocycles. The van der Waals surface area contributed by atoms with E-state index in [0.29, 0.717) is 17.7 Å². The van der Waals surface area contributed by atoms with E-state index in [9.17, 15) is 22.8 Å². The quantitative estimate of drug-likeness (QED) is 0.792. The molecular weight excluding hydrogens is 289 g/mol. The molecule has 0 radical (unpaired) electrons. The average Bonchev–Trinajstić information content (AvgIpc) is 2.27. The Bertz CT molecular complexity index is 393. The van der Waals surface area contributed by atoms with Crippen LogP contribution >= 0.6 is 0 Å². The van der Waals surface area contributed by atoms with Crippen molar-refractivity contribution in [2.45, 2.75) is 51.7 Å². The third-order valence-corrected chi connectivity index (χ3v) is 3.79. The summed E-state index contributed by atoms with van der Waals surface area (Å²) in [5.41, 5.74) is -0.512. The maximum Gasteiger partial charge on any atom is 0.406 e. The van der Waals surface area contributed by atoms with E-state index in [1.807, 2.05) is 0 Å². The van der Waals surface area contributed by atoms with Crippen molar-refractivity contribution in [1.29, 1.82) is 0 Å². The third-order valence-electron chi connectivity index (χ3n) is 3.79. The summed E-state index contributed by atoms with van der Waals surface area (Å²) in [5.74, 6) is -0.958. The lowest BCUT2D eigenvalue weighted by Crippen LogP contribution is -2.52. The zero-order chi connectivity index (χ0) is 16.3. The summed E-state index contributed by atoms with van der Waals surface area (Å²) in [5, 5.41) is 11.3. The third kappa shape index (κ3) is 5.43. The maximum absolute atomic E-state index is 12.5. The maximum atomic E-state index is 12.5. The number of carboxylic acid groups (broad SMARTS) is 1. The fourth-order valence-electron chi connectivity index (χ4n) is 2.46. The molecule has 2 amide bonds. The van der Waals surface area contributed by atoms with E-state index in [-0.39, 0.29) is 13.0 Å². The molecule has 0 aromatic rings. The number of carbonyl (C=O) groups is 2. The number of nitrogens with one attached hydrogen (secondary N) is 1. The first-order valence-corrected chi connectivity index (χ1v) is 6.88. The minimum absolute atomic E-state index is 0.0752. The van der Waals surface area contributed by atoms with Gasteiger partial charge in [0.25, 0.3) is 0 Å². The van der Waals surface area contributed by atoms with Crippen molar-refractivity contribution in [3.8, 4) is 0 Å². The summed E-state index contributed by atoms with van der Waals surface area (Å²) in [6, 6.07) is -1.40. The van der Waals surface area contributed by atoms with E-state index in [2.05, 4.69) is 5.32 Å². The summed E-state index contributed by atoms with van der Waals surface area (Å²) >= 11 is 0. The SMILES string of the molecule is CC(C)N(CC(F)(F)F)C(=O)NCC1(CC(=O)O)CCC1. The van der Waals surface area contributed by atoms with Crippen LogP contribution < -0.4 is 5.32 Å². The Hall–Kier alpha value is -1.47. The van der Waals surface area contributed by atoms with Gasteiger partial charge in [-0.3, -0.25) is 4.79 Å². The van der Waals surface area contributed by atoms with Gasteiger partial charge in [0, 0.05) is 12.6 Å². The van der Waals surface area contributed by atoms with Crippen LogP contribution in [0.2, 0.25) is 0 Å². The Labute approximate surface area is 121 Å². The van der Waals surface area contributed by atoms with Crippen LogP contribution in [0.4, 0.5) is 18.0 Å². The lowest BCUT2D eigenvalue weighted by atomic mass is 9.66. The highest BCUT2D eigenvalue weighted by molar-refractivity contribution is 5.75. The van der Waals surface area contributed by atoms with Crippen LogP contribution in [0.25, 0.3) is 0 Å². The molecule has 8 heteroatoms. The van der Waals surface area contributed by atoms with E-state index >= 15 is 0 Å². The summed E-state index contributed by atoms with van der Waals surface area (Å²) in [7, 11) is 0. The molecule has 1 saturated carbocycles. The van der Waals surface area contributed by atoms with Crippen LogP contribution in [0.1, 0.15) is 39.5 Å². The first-order valence-electron chi connectivity index (χ1n) is 6.88. The zero-order valence-electron chi connectivity index (χ0n) is 12.2. The highest BCUT2D eigenvalue weighted by atomic mass is 19.4. The number of hydrogen-bond acceptors (Lipinski definition) is 2. The molecule has 2 N–H and O–H groups in total. The molecular formula is C13H21F3N2O3. The van der Waals surface area contributed by atoms with Crippen molar-refractivity contribution in [1.82, 2.24) is 10.2 Å². The summed E-state index contributed by atoms with van der Waals surface area (Å²) in [4.78, 5) is 23.4. The molecule has 0 bridgehead atoms. The topological polar surface area (TPSA) is 69.6 Å². The van der Waals surface area contributed by atoms with Gasteiger partial charge >= 0.3 is 18.2 Å². The zero-order valence-corrected chi connectivity index (χ0v) is 12.2. The van der Waals surface area contributed by atoms with E-state index in [1.54, 1.807) is 0 Å². The molecule has 21 heavy (non-hydrogen) atoms. The standard InChI is InChI=1S/C13H21F3N2O3/c1-9(2)18(8-13(14,15)16)11(21)17-7-12(4-3-5-12)6-10(19)20/h9H,3-8H2,1-2H3,(H,17,21)(H,19,20). The number of amides is 2. The smallest absolute Gasteiger partial charge is 0.406 e. The Balaban J connectivity index is 2.59. The first kappa shape index (κ1) is 17.6. The summed E-state index contributed by atoms with van der Waals surface area (Å²) < 4.78 is 37.4. The van der Waals surface area contributed by atoms with Crippen LogP contribution in [-0.2, 0) is 4.79 Å². The van der Waals surface area contributed by atoms with Gasteiger partial charge in [0.15, 0.2) is 0 Å². The molecule has 0 unspecified atom stereocenters. The number of halogens is 3. The van der Waals surface area contributed by atoms with Crippen molar-refractivity contribution in [3.05, 3.63) is 0 Å². The van der Waals surface area contributed by atoms with Gasteiger partial charge in [0.2, 0.25) is 0 Å². The van der Waals surface area contributed by atoms with Gasteiger partial charge in [-0.15, -0.1) is 0 Å². The van der Waals surface area contributed by atoms with Crippen LogP contribution in [-0.4, -0.2) is 47.3 Å². The van der Waals surface area contributed by atoms with Gasteiger partial charge in [-0.05, 0) is 32.1 Å². The fourth-order valence-corrected chi connectivity index (χ4v) is 2.46. The molecule has 5 nitrogen and oxygen atoms in total. The molecule has 0 aromatic heterocycles. The summed E-state index contributed by atoms with van der Waals surface area (Å²) in [6.07, 6.45) is -2.33. The van der Waals surface area contributed by atoms with Gasteiger partial charge in [-0.1, -0.05) is 6.42 Å². The van der Waals surface area contributed by atoms with Crippen molar-refractivity contribution >= 4 is 12.0 Å². The van der Waals surface area contributed by atoms with Crippen LogP contribution in [0, 0.1) is 5.41 Å².